The van der Waals surface area contributed by atoms with Gasteiger partial charge in [0.25, 0.3) is 0 Å². The molecule has 0 N–H and O–H groups in total. The van der Waals surface area contributed by atoms with Gasteiger partial charge in [-0.2, -0.15) is 6.92 Å². The molecule has 0 bridgehead atoms. The van der Waals surface area contributed by atoms with Gasteiger partial charge in [0, 0.05) is 19.5 Å². The summed E-state index contributed by atoms with van der Waals surface area (Å²) in [5, 5.41) is 0. The van der Waals surface area contributed by atoms with E-state index in [2.05, 4.69) is 0 Å². The maximum absolute atomic E-state index is 5.15. The molecule has 4 heteroatoms. The molecule has 0 aromatic rings. The number of rotatable bonds is 1. The molecule has 0 aromatic heterocycles. The molecule has 0 atom stereocenters. The molecule has 2 nitrogen and oxygen atoms in total. The van der Waals surface area contributed by atoms with Gasteiger partial charge >= 0.3 is 23.1 Å². The van der Waals surface area contributed by atoms with E-state index in [0.717, 1.165) is 19.6 Å². The van der Waals surface area contributed by atoms with Crippen LogP contribution in [0.25, 0.3) is 0 Å². The SMILES string of the molecule is C[CH-]C1OCCCO1.[Cl-].[Mg+2]. The first kappa shape index (κ1) is 13.6. The average Bonchev–Trinajstić information content (AvgIpc) is 1.90. The second kappa shape index (κ2) is 8.08. The molecule has 0 aliphatic carbocycles. The summed E-state index contributed by atoms with van der Waals surface area (Å²) in [5.74, 6) is 0. The van der Waals surface area contributed by atoms with Crippen LogP contribution in [0, 0.1) is 6.42 Å². The van der Waals surface area contributed by atoms with Gasteiger partial charge in [-0.25, -0.2) is 0 Å². The van der Waals surface area contributed by atoms with Crippen LogP contribution < -0.4 is 12.4 Å². The molecule has 1 aliphatic rings. The first-order valence-corrected chi connectivity index (χ1v) is 2.96. The largest absolute Gasteiger partial charge is 2.00 e. The van der Waals surface area contributed by atoms with Gasteiger partial charge in [-0.15, -0.1) is 0 Å². The number of hydrogen-bond acceptors (Lipinski definition) is 2. The fraction of sp³-hybridized carbons (Fsp3) is 0.833. The van der Waals surface area contributed by atoms with E-state index in [1.54, 1.807) is 0 Å². The minimum Gasteiger partial charge on any atom is -1.00 e. The molecule has 10 heavy (non-hydrogen) atoms. The zero-order valence-electron chi connectivity index (χ0n) is 6.18. The van der Waals surface area contributed by atoms with Crippen LogP contribution >= 0.6 is 0 Å². The van der Waals surface area contributed by atoms with Crippen molar-refractivity contribution in [2.45, 2.75) is 19.6 Å². The number of halogens is 1. The molecule has 0 saturated carbocycles. The third-order valence-electron chi connectivity index (χ3n) is 1.13. The molecule has 0 unspecified atom stereocenters. The maximum Gasteiger partial charge on any atom is 2.00 e. The van der Waals surface area contributed by atoms with Gasteiger partial charge < -0.3 is 21.9 Å². The van der Waals surface area contributed by atoms with E-state index in [1.807, 2.05) is 13.3 Å². The van der Waals surface area contributed by atoms with Gasteiger partial charge in [0.05, 0.1) is 0 Å². The van der Waals surface area contributed by atoms with Gasteiger partial charge in [-0.05, 0) is 6.42 Å². The molecule has 1 saturated heterocycles. The summed E-state index contributed by atoms with van der Waals surface area (Å²) in [4.78, 5) is 0. The Hall–Kier alpha value is 0.976. The Morgan fingerprint density at radius 3 is 2.10 bits per heavy atom. The summed E-state index contributed by atoms with van der Waals surface area (Å²) in [5.41, 5.74) is 0. The van der Waals surface area contributed by atoms with Crippen molar-refractivity contribution in [2.24, 2.45) is 0 Å². The summed E-state index contributed by atoms with van der Waals surface area (Å²) in [6, 6.07) is 0. The van der Waals surface area contributed by atoms with E-state index in [0.29, 0.717) is 0 Å². The molecule has 0 amide bonds. The molecule has 1 rings (SSSR count). The Bertz CT molecular complexity index is 66.8. The van der Waals surface area contributed by atoms with Gasteiger partial charge in [-0.3, -0.25) is 6.42 Å². The second-order valence-corrected chi connectivity index (χ2v) is 1.80. The topological polar surface area (TPSA) is 18.5 Å². The van der Waals surface area contributed by atoms with Gasteiger partial charge in [0.2, 0.25) is 0 Å². The second-order valence-electron chi connectivity index (χ2n) is 1.80. The normalized spacial score (nSPS) is 18.9. The van der Waals surface area contributed by atoms with Crippen molar-refractivity contribution in [2.75, 3.05) is 13.2 Å². The van der Waals surface area contributed by atoms with E-state index in [9.17, 15) is 0 Å². The van der Waals surface area contributed by atoms with Gasteiger partial charge in [0.1, 0.15) is 0 Å². The zero-order chi connectivity index (χ0) is 5.82. The van der Waals surface area contributed by atoms with Crippen LogP contribution in [0.3, 0.4) is 0 Å². The van der Waals surface area contributed by atoms with Crippen molar-refractivity contribution in [3.05, 3.63) is 6.42 Å². The Morgan fingerprint density at radius 1 is 1.30 bits per heavy atom. The summed E-state index contributed by atoms with van der Waals surface area (Å²) in [7, 11) is 0. The van der Waals surface area contributed by atoms with E-state index in [4.69, 9.17) is 9.47 Å². The predicted octanol–water partition coefficient (Wildman–Crippen LogP) is -2.40. The first-order chi connectivity index (χ1) is 3.93. The minimum atomic E-state index is -0.0382. The molecule has 0 spiro atoms. The van der Waals surface area contributed by atoms with Crippen LogP contribution in [-0.2, 0) is 9.47 Å². The van der Waals surface area contributed by atoms with Crippen molar-refractivity contribution in [3.8, 4) is 0 Å². The quantitative estimate of drug-likeness (QED) is 0.326. The molecule has 0 radical (unpaired) electrons. The van der Waals surface area contributed by atoms with E-state index >= 15 is 0 Å². The Balaban J connectivity index is 0. The van der Waals surface area contributed by atoms with Crippen LogP contribution in [0.2, 0.25) is 0 Å². The molecule has 0 aromatic carbocycles. The monoisotopic (exact) mass is 174 g/mol. The summed E-state index contributed by atoms with van der Waals surface area (Å²) < 4.78 is 10.3. The molecule has 1 fully saturated rings. The molecule has 56 valence electrons. The average molecular weight is 175 g/mol. The fourth-order valence-corrected chi connectivity index (χ4v) is 0.698. The van der Waals surface area contributed by atoms with Crippen LogP contribution in [-0.4, -0.2) is 42.6 Å². The summed E-state index contributed by atoms with van der Waals surface area (Å²) in [6.45, 7) is 3.62. The Kier molecular flexibility index (Phi) is 11.0. The van der Waals surface area contributed by atoms with Crippen molar-refractivity contribution in [1.29, 1.82) is 0 Å². The molecular formula is C6H11ClMgO2. The molecular weight excluding hydrogens is 164 g/mol. The van der Waals surface area contributed by atoms with Crippen LogP contribution in [0.1, 0.15) is 13.3 Å². The Morgan fingerprint density at radius 2 is 1.80 bits per heavy atom. The van der Waals surface area contributed by atoms with E-state index in [1.165, 1.54) is 0 Å². The maximum atomic E-state index is 5.15. The summed E-state index contributed by atoms with van der Waals surface area (Å²) in [6.07, 6.45) is 2.91. The van der Waals surface area contributed by atoms with Crippen molar-refractivity contribution < 1.29 is 21.9 Å². The van der Waals surface area contributed by atoms with E-state index in [-0.39, 0.29) is 41.7 Å². The third-order valence-corrected chi connectivity index (χ3v) is 1.13. The van der Waals surface area contributed by atoms with Gasteiger partial charge in [-0.1, -0.05) is 0 Å². The number of hydrogen-bond donors (Lipinski definition) is 0. The van der Waals surface area contributed by atoms with Crippen LogP contribution in [0.15, 0.2) is 0 Å². The fourth-order valence-electron chi connectivity index (χ4n) is 0.698. The standard InChI is InChI=1S/C6H11O2.ClH.Mg/c1-2-6-7-4-3-5-8-6;;/h2,6H,3-5H2,1H3;1H;/q-1;;+2/p-1. The minimum absolute atomic E-state index is 0. The predicted molar refractivity (Wildman–Crippen MR) is 36.0 cm³/mol. The summed E-state index contributed by atoms with van der Waals surface area (Å²) >= 11 is 0. The van der Waals surface area contributed by atoms with Crippen molar-refractivity contribution >= 4 is 23.1 Å². The first-order valence-electron chi connectivity index (χ1n) is 2.96. The number of ether oxygens (including phenoxy) is 2. The van der Waals surface area contributed by atoms with Crippen LogP contribution in [0.5, 0.6) is 0 Å². The zero-order valence-corrected chi connectivity index (χ0v) is 8.35. The van der Waals surface area contributed by atoms with Crippen LogP contribution in [0.4, 0.5) is 0 Å². The van der Waals surface area contributed by atoms with Gasteiger partial charge in [0.15, 0.2) is 0 Å². The Labute approximate surface area is 84.2 Å². The molecule has 1 heterocycles. The molecule has 1 aliphatic heterocycles. The van der Waals surface area contributed by atoms with E-state index < -0.39 is 0 Å². The smallest absolute Gasteiger partial charge is 1.00 e. The van der Waals surface area contributed by atoms with Crippen molar-refractivity contribution in [1.82, 2.24) is 0 Å². The third kappa shape index (κ3) is 4.74. The van der Waals surface area contributed by atoms with Crippen molar-refractivity contribution in [3.63, 3.8) is 0 Å².